The molecule has 5 rings (SSSR count). The maximum absolute atomic E-state index is 14.6. The quantitative estimate of drug-likeness (QED) is 0.370. The summed E-state index contributed by atoms with van der Waals surface area (Å²) in [6.45, 7) is 2.37. The highest BCUT2D eigenvalue weighted by Gasteiger charge is 2.25. The molecule has 0 bridgehead atoms. The number of halogens is 2. The fraction of sp³-hybridized carbons (Fsp3) is 0.320. The molecule has 3 N–H and O–H groups in total. The predicted molar refractivity (Wildman–Crippen MR) is 138 cm³/mol. The van der Waals surface area contributed by atoms with Crippen LogP contribution in [0.25, 0.3) is 22.4 Å². The minimum absolute atomic E-state index is 0.0371. The Morgan fingerprint density at radius 1 is 1.17 bits per heavy atom. The van der Waals surface area contributed by atoms with Gasteiger partial charge in [-0.1, -0.05) is 42.1 Å². The van der Waals surface area contributed by atoms with Gasteiger partial charge in [0, 0.05) is 35.9 Å². The van der Waals surface area contributed by atoms with Gasteiger partial charge in [0.1, 0.15) is 0 Å². The highest BCUT2D eigenvalue weighted by Crippen LogP contribution is 2.33. The topological polar surface area (TPSA) is 116 Å². The number of benzene rings is 1. The Balaban J connectivity index is 1.56. The lowest BCUT2D eigenvalue weighted by molar-refractivity contribution is 0.321. The van der Waals surface area contributed by atoms with Gasteiger partial charge in [0.15, 0.2) is 23.1 Å². The Morgan fingerprint density at radius 3 is 2.67 bits per heavy atom. The van der Waals surface area contributed by atoms with E-state index in [0.717, 1.165) is 41.4 Å². The van der Waals surface area contributed by atoms with E-state index in [9.17, 15) is 12.8 Å². The summed E-state index contributed by atoms with van der Waals surface area (Å²) in [5.41, 5.74) is 7.71. The maximum Gasteiger partial charge on any atom is 0.269 e. The van der Waals surface area contributed by atoms with Gasteiger partial charge < -0.3 is 11.1 Å². The number of fused-ring (bicyclic) bond motifs is 1. The summed E-state index contributed by atoms with van der Waals surface area (Å²) in [4.78, 5) is 12.9. The molecule has 2 atom stereocenters. The molecule has 4 aromatic rings. The molecule has 0 spiro atoms. The van der Waals surface area contributed by atoms with Crippen LogP contribution in [0.2, 0.25) is 5.02 Å². The second-order valence-electron chi connectivity index (χ2n) is 9.16. The molecule has 188 valence electrons. The van der Waals surface area contributed by atoms with E-state index in [0.29, 0.717) is 22.5 Å². The fourth-order valence-corrected chi connectivity index (χ4v) is 6.06. The zero-order valence-electron chi connectivity index (χ0n) is 19.7. The van der Waals surface area contributed by atoms with Gasteiger partial charge in [-0.15, -0.1) is 0 Å². The number of pyridine rings is 1. The molecular formula is C25H26ClFN6O2S. The molecule has 8 nitrogen and oxygen atoms in total. The molecule has 1 fully saturated rings. The van der Waals surface area contributed by atoms with E-state index in [1.807, 2.05) is 6.92 Å². The third kappa shape index (κ3) is 4.68. The molecular weight excluding hydrogens is 503 g/mol. The maximum atomic E-state index is 14.6. The van der Waals surface area contributed by atoms with Crippen LogP contribution in [0, 0.1) is 18.7 Å². The van der Waals surface area contributed by atoms with Gasteiger partial charge in [0.2, 0.25) is 0 Å². The third-order valence-electron chi connectivity index (χ3n) is 6.64. The first-order valence-electron chi connectivity index (χ1n) is 11.8. The van der Waals surface area contributed by atoms with Crippen LogP contribution < -0.4 is 11.1 Å². The van der Waals surface area contributed by atoms with Crippen LogP contribution in [0.3, 0.4) is 0 Å². The Morgan fingerprint density at radius 2 is 1.92 bits per heavy atom. The standard InChI is InChI=1S/C25H26ClFN6O2S/c1-15-6-8-18(9-7-15)36(34,35)33-14-20(19-10-17(26)12-31-25(19)33)23-30-13-21(27)24(32-23)29-11-16-4-2-3-5-22(16)28/h6-10,12-14,16,22H,2-5,11,28H2,1H3,(H,29,30,32)/t16-,22+/m1/s1. The van der Waals surface area contributed by atoms with Crippen LogP contribution in [-0.2, 0) is 10.0 Å². The molecule has 1 aliphatic carbocycles. The van der Waals surface area contributed by atoms with Crippen molar-refractivity contribution in [1.82, 2.24) is 18.9 Å². The van der Waals surface area contributed by atoms with Crippen molar-refractivity contribution in [2.45, 2.75) is 43.5 Å². The average molecular weight is 529 g/mol. The molecule has 3 heterocycles. The van der Waals surface area contributed by atoms with Crippen LogP contribution in [-0.4, -0.2) is 39.9 Å². The number of anilines is 1. The number of aromatic nitrogens is 4. The number of rotatable bonds is 6. The average Bonchev–Trinajstić information content (AvgIpc) is 3.24. The number of nitrogens with zero attached hydrogens (tertiary/aromatic N) is 4. The lowest BCUT2D eigenvalue weighted by Gasteiger charge is -2.28. The minimum Gasteiger partial charge on any atom is -0.367 e. The molecule has 1 aliphatic rings. The second kappa shape index (κ2) is 9.76. The van der Waals surface area contributed by atoms with E-state index in [2.05, 4.69) is 20.3 Å². The fourth-order valence-electron chi connectivity index (χ4n) is 4.58. The van der Waals surface area contributed by atoms with E-state index in [4.69, 9.17) is 17.3 Å². The summed E-state index contributed by atoms with van der Waals surface area (Å²) >= 11 is 6.20. The lowest BCUT2D eigenvalue weighted by atomic mass is 9.85. The summed E-state index contributed by atoms with van der Waals surface area (Å²) < 4.78 is 42.7. The number of aryl methyl sites for hydroxylation is 1. The van der Waals surface area contributed by atoms with Crippen LogP contribution >= 0.6 is 11.6 Å². The molecule has 0 radical (unpaired) electrons. The van der Waals surface area contributed by atoms with Crippen LogP contribution in [0.5, 0.6) is 0 Å². The molecule has 1 saturated carbocycles. The highest BCUT2D eigenvalue weighted by molar-refractivity contribution is 7.90. The summed E-state index contributed by atoms with van der Waals surface area (Å²) in [5.74, 6) is -0.190. The van der Waals surface area contributed by atoms with Crippen molar-refractivity contribution in [3.63, 3.8) is 0 Å². The highest BCUT2D eigenvalue weighted by atomic mass is 35.5. The van der Waals surface area contributed by atoms with Gasteiger partial charge in [0.05, 0.1) is 16.1 Å². The van der Waals surface area contributed by atoms with Crippen LogP contribution in [0.15, 0.2) is 53.8 Å². The zero-order valence-corrected chi connectivity index (χ0v) is 21.2. The lowest BCUT2D eigenvalue weighted by Crippen LogP contribution is -2.37. The van der Waals surface area contributed by atoms with E-state index in [-0.39, 0.29) is 34.1 Å². The van der Waals surface area contributed by atoms with Gasteiger partial charge in [-0.2, -0.15) is 0 Å². The van der Waals surface area contributed by atoms with E-state index in [1.54, 1.807) is 30.3 Å². The van der Waals surface area contributed by atoms with Crippen LogP contribution in [0.4, 0.5) is 10.2 Å². The van der Waals surface area contributed by atoms with Crippen molar-refractivity contribution >= 4 is 38.5 Å². The number of nitrogens with two attached hydrogens (primary N) is 1. The number of hydrogen-bond donors (Lipinski definition) is 2. The number of nitrogens with one attached hydrogen (secondary N) is 1. The molecule has 36 heavy (non-hydrogen) atoms. The largest absolute Gasteiger partial charge is 0.367 e. The van der Waals surface area contributed by atoms with Crippen molar-refractivity contribution < 1.29 is 12.8 Å². The predicted octanol–water partition coefficient (Wildman–Crippen LogP) is 4.76. The Kier molecular flexibility index (Phi) is 6.67. The molecule has 0 aliphatic heterocycles. The van der Waals surface area contributed by atoms with Gasteiger partial charge >= 0.3 is 0 Å². The van der Waals surface area contributed by atoms with Crippen LogP contribution in [0.1, 0.15) is 31.2 Å². The Hall–Kier alpha value is -3.08. The molecule has 11 heteroatoms. The summed E-state index contributed by atoms with van der Waals surface area (Å²) in [6, 6.07) is 8.19. The zero-order chi connectivity index (χ0) is 25.4. The summed E-state index contributed by atoms with van der Waals surface area (Å²) in [6.07, 6.45) is 7.98. The summed E-state index contributed by atoms with van der Waals surface area (Å²) in [5, 5.41) is 3.83. The van der Waals surface area contributed by atoms with Gasteiger partial charge in [-0.3, -0.25) is 0 Å². The van der Waals surface area contributed by atoms with Crippen molar-refractivity contribution in [2.24, 2.45) is 11.7 Å². The van der Waals surface area contributed by atoms with Crippen molar-refractivity contribution in [2.75, 3.05) is 11.9 Å². The van der Waals surface area contributed by atoms with E-state index in [1.165, 1.54) is 12.4 Å². The van der Waals surface area contributed by atoms with Gasteiger partial charge in [0.25, 0.3) is 10.0 Å². The second-order valence-corrected chi connectivity index (χ2v) is 11.4. The third-order valence-corrected chi connectivity index (χ3v) is 8.51. The number of hydrogen-bond acceptors (Lipinski definition) is 7. The monoisotopic (exact) mass is 528 g/mol. The van der Waals surface area contributed by atoms with Crippen molar-refractivity contribution in [3.8, 4) is 11.4 Å². The van der Waals surface area contributed by atoms with Gasteiger partial charge in [-0.05, 0) is 43.9 Å². The minimum atomic E-state index is -3.98. The first kappa shape index (κ1) is 24.6. The normalized spacial score (nSPS) is 18.4. The van der Waals surface area contributed by atoms with E-state index < -0.39 is 15.8 Å². The first-order chi connectivity index (χ1) is 17.2. The smallest absolute Gasteiger partial charge is 0.269 e. The summed E-state index contributed by atoms with van der Waals surface area (Å²) in [7, 11) is -3.98. The van der Waals surface area contributed by atoms with Crippen molar-refractivity contribution in [3.05, 3.63) is 65.3 Å². The molecule has 0 amide bonds. The Bertz CT molecular complexity index is 1520. The molecule has 0 saturated heterocycles. The van der Waals surface area contributed by atoms with Gasteiger partial charge in [-0.25, -0.2) is 31.7 Å². The Labute approximate surface area is 213 Å². The first-order valence-corrected chi connectivity index (χ1v) is 13.6. The molecule has 3 aromatic heterocycles. The van der Waals surface area contributed by atoms with E-state index >= 15 is 0 Å². The molecule has 1 aromatic carbocycles. The molecule has 0 unspecified atom stereocenters. The SMILES string of the molecule is Cc1ccc(S(=O)(=O)n2cc(-c3ncc(F)c(NC[C@H]4CCCC[C@@H]4N)n3)c3cc(Cl)cnc32)cc1. The van der Waals surface area contributed by atoms with Crippen molar-refractivity contribution in [1.29, 1.82) is 0 Å².